The molecule has 5 rings (SSSR count). The molecular formula is C21H26FN5. The highest BCUT2D eigenvalue weighted by molar-refractivity contribution is 5.96. The molecule has 1 atom stereocenters. The number of pyridine rings is 1. The van der Waals surface area contributed by atoms with E-state index < -0.39 is 6.17 Å². The van der Waals surface area contributed by atoms with E-state index in [2.05, 4.69) is 38.4 Å². The Hall–Kier alpha value is -2.21. The normalized spacial score (nSPS) is 26.8. The quantitative estimate of drug-likeness (QED) is 0.760. The highest BCUT2D eigenvalue weighted by Gasteiger charge is 2.32. The van der Waals surface area contributed by atoms with Crippen molar-refractivity contribution in [3.05, 3.63) is 36.4 Å². The molecule has 0 amide bonds. The van der Waals surface area contributed by atoms with E-state index in [-0.39, 0.29) is 0 Å². The molecule has 0 spiro atoms. The summed E-state index contributed by atoms with van der Waals surface area (Å²) in [4.78, 5) is 10.3. The molecule has 0 bridgehead atoms. The van der Waals surface area contributed by atoms with Crippen LogP contribution >= 0.6 is 0 Å². The number of nitrogens with zero attached hydrogens (tertiary/aromatic N) is 4. The second-order valence-corrected chi connectivity index (χ2v) is 8.12. The maximum absolute atomic E-state index is 13.6. The molecule has 4 heterocycles. The van der Waals surface area contributed by atoms with E-state index in [0.29, 0.717) is 24.9 Å². The Morgan fingerprint density at radius 1 is 1.19 bits per heavy atom. The zero-order valence-corrected chi connectivity index (χ0v) is 15.7. The van der Waals surface area contributed by atoms with Crippen molar-refractivity contribution in [1.29, 1.82) is 0 Å². The largest absolute Gasteiger partial charge is 0.346 e. The molecule has 1 aliphatic carbocycles. The highest BCUT2D eigenvalue weighted by Crippen LogP contribution is 2.41. The molecule has 27 heavy (non-hydrogen) atoms. The summed E-state index contributed by atoms with van der Waals surface area (Å²) in [5.41, 5.74) is 4.65. The van der Waals surface area contributed by atoms with Crippen LogP contribution in [0.5, 0.6) is 0 Å². The summed E-state index contributed by atoms with van der Waals surface area (Å²) in [5.74, 6) is 0.543. The molecule has 0 radical (unpaired) electrons. The van der Waals surface area contributed by atoms with Gasteiger partial charge in [0.15, 0.2) is 0 Å². The molecule has 1 saturated carbocycles. The maximum Gasteiger partial charge on any atom is 0.138 e. The number of aryl methyl sites for hydroxylation is 1. The predicted molar refractivity (Wildman–Crippen MR) is 104 cm³/mol. The second-order valence-electron chi connectivity index (χ2n) is 8.12. The fourth-order valence-electron chi connectivity index (χ4n) is 5.04. The Morgan fingerprint density at radius 2 is 2.04 bits per heavy atom. The number of likely N-dealkylation sites (tertiary alicyclic amines) is 1. The minimum Gasteiger partial charge on any atom is -0.346 e. The zero-order chi connectivity index (χ0) is 18.4. The van der Waals surface area contributed by atoms with Crippen LogP contribution in [0.25, 0.3) is 22.2 Å². The first-order chi connectivity index (χ1) is 13.2. The Balaban J connectivity index is 1.41. The molecule has 0 aromatic carbocycles. The highest BCUT2D eigenvalue weighted by atomic mass is 19.1. The van der Waals surface area contributed by atoms with Crippen molar-refractivity contribution in [1.82, 2.24) is 24.6 Å². The SMILES string of the molecule is Cn1cc(-c2c[nH]c3nccc(C4CCC(N5CC[C@@H](F)C5)CC4)c23)cn1. The van der Waals surface area contributed by atoms with Gasteiger partial charge in [-0.15, -0.1) is 0 Å². The molecule has 5 nitrogen and oxygen atoms in total. The van der Waals surface area contributed by atoms with E-state index in [1.165, 1.54) is 16.5 Å². The first kappa shape index (κ1) is 16.9. The lowest BCUT2D eigenvalue weighted by Gasteiger charge is -2.34. The van der Waals surface area contributed by atoms with E-state index >= 15 is 0 Å². The lowest BCUT2D eigenvalue weighted by atomic mass is 9.80. The van der Waals surface area contributed by atoms with E-state index in [1.54, 1.807) is 0 Å². The van der Waals surface area contributed by atoms with Crippen molar-refractivity contribution in [2.75, 3.05) is 13.1 Å². The third kappa shape index (κ3) is 3.06. The third-order valence-electron chi connectivity index (χ3n) is 6.44. The summed E-state index contributed by atoms with van der Waals surface area (Å²) in [7, 11) is 1.94. The van der Waals surface area contributed by atoms with Crippen LogP contribution < -0.4 is 0 Å². The number of hydrogen-bond acceptors (Lipinski definition) is 3. The van der Waals surface area contributed by atoms with Gasteiger partial charge >= 0.3 is 0 Å². The summed E-state index contributed by atoms with van der Waals surface area (Å²) in [6.07, 6.45) is 12.7. The van der Waals surface area contributed by atoms with Crippen LogP contribution in [0.4, 0.5) is 4.39 Å². The zero-order valence-electron chi connectivity index (χ0n) is 15.7. The summed E-state index contributed by atoms with van der Waals surface area (Å²) < 4.78 is 15.4. The summed E-state index contributed by atoms with van der Waals surface area (Å²) in [5, 5.41) is 5.56. The standard InChI is InChI=1S/C21H26FN5/c1-26-12-15(10-25-26)19-11-24-21-20(19)18(6-8-23-21)14-2-4-17(5-3-14)27-9-7-16(22)13-27/h6,8,10-12,14,16-17H,2-5,7,9,13H2,1H3,(H,23,24)/t14?,16-,17?/m1/s1. The van der Waals surface area contributed by atoms with Crippen LogP contribution in [-0.2, 0) is 7.05 Å². The van der Waals surface area contributed by atoms with Crippen molar-refractivity contribution >= 4 is 11.0 Å². The number of rotatable bonds is 3. The molecule has 3 aromatic heterocycles. The van der Waals surface area contributed by atoms with Gasteiger partial charge in [-0.05, 0) is 49.7 Å². The van der Waals surface area contributed by atoms with Gasteiger partial charge in [-0.2, -0.15) is 5.10 Å². The van der Waals surface area contributed by atoms with Gasteiger partial charge < -0.3 is 4.98 Å². The minimum atomic E-state index is -0.621. The Bertz CT molecular complexity index is 937. The number of H-pyrrole nitrogens is 1. The fraction of sp³-hybridized carbons (Fsp3) is 0.524. The number of alkyl halides is 1. The van der Waals surface area contributed by atoms with E-state index in [0.717, 1.165) is 43.4 Å². The smallest absolute Gasteiger partial charge is 0.138 e. The Kier molecular flexibility index (Phi) is 4.23. The average Bonchev–Trinajstić information content (AvgIpc) is 3.41. The number of hydrogen-bond donors (Lipinski definition) is 1. The number of aromatic nitrogens is 4. The maximum atomic E-state index is 13.6. The fourth-order valence-corrected chi connectivity index (χ4v) is 5.04. The van der Waals surface area contributed by atoms with Crippen LogP contribution in [0.2, 0.25) is 0 Å². The minimum absolute atomic E-state index is 0.543. The lowest BCUT2D eigenvalue weighted by molar-refractivity contribution is 0.170. The van der Waals surface area contributed by atoms with Crippen LogP contribution in [0, 0.1) is 0 Å². The lowest BCUT2D eigenvalue weighted by Crippen LogP contribution is -2.36. The van der Waals surface area contributed by atoms with E-state index in [9.17, 15) is 4.39 Å². The topological polar surface area (TPSA) is 49.7 Å². The molecule has 2 fully saturated rings. The van der Waals surface area contributed by atoms with Crippen LogP contribution in [-0.4, -0.2) is 50.0 Å². The predicted octanol–water partition coefficient (Wildman–Crippen LogP) is 4.03. The van der Waals surface area contributed by atoms with Gasteiger partial charge in [0.1, 0.15) is 11.8 Å². The first-order valence-corrected chi connectivity index (χ1v) is 10.0. The first-order valence-electron chi connectivity index (χ1n) is 10.0. The van der Waals surface area contributed by atoms with Gasteiger partial charge in [-0.3, -0.25) is 9.58 Å². The third-order valence-corrected chi connectivity index (χ3v) is 6.44. The van der Waals surface area contributed by atoms with Gasteiger partial charge in [-0.25, -0.2) is 9.37 Å². The molecule has 1 saturated heterocycles. The van der Waals surface area contributed by atoms with Gasteiger partial charge in [0, 0.05) is 61.3 Å². The molecular weight excluding hydrogens is 341 g/mol. The molecule has 142 valence electrons. The Morgan fingerprint density at radius 3 is 2.74 bits per heavy atom. The van der Waals surface area contributed by atoms with Crippen LogP contribution in [0.1, 0.15) is 43.6 Å². The average molecular weight is 367 g/mol. The van der Waals surface area contributed by atoms with Gasteiger partial charge in [0.2, 0.25) is 0 Å². The molecule has 1 aliphatic heterocycles. The molecule has 6 heteroatoms. The van der Waals surface area contributed by atoms with Crippen molar-refractivity contribution in [3.8, 4) is 11.1 Å². The molecule has 2 aliphatic rings. The number of halogens is 1. The summed E-state index contributed by atoms with van der Waals surface area (Å²) >= 11 is 0. The molecule has 3 aromatic rings. The van der Waals surface area contributed by atoms with E-state index in [4.69, 9.17) is 0 Å². The van der Waals surface area contributed by atoms with Crippen molar-refractivity contribution in [2.45, 2.75) is 50.2 Å². The summed E-state index contributed by atoms with van der Waals surface area (Å²) in [6, 6.07) is 2.75. The van der Waals surface area contributed by atoms with Crippen LogP contribution in [0.15, 0.2) is 30.9 Å². The van der Waals surface area contributed by atoms with Crippen molar-refractivity contribution < 1.29 is 4.39 Å². The molecule has 0 unspecified atom stereocenters. The number of nitrogens with one attached hydrogen (secondary N) is 1. The number of aromatic amines is 1. The van der Waals surface area contributed by atoms with Gasteiger partial charge in [0.25, 0.3) is 0 Å². The van der Waals surface area contributed by atoms with Crippen molar-refractivity contribution in [2.24, 2.45) is 7.05 Å². The van der Waals surface area contributed by atoms with Crippen molar-refractivity contribution in [3.63, 3.8) is 0 Å². The van der Waals surface area contributed by atoms with E-state index in [1.807, 2.05) is 24.1 Å². The van der Waals surface area contributed by atoms with Gasteiger partial charge in [-0.1, -0.05) is 0 Å². The summed E-state index contributed by atoms with van der Waals surface area (Å²) in [6.45, 7) is 1.57. The number of fused-ring (bicyclic) bond motifs is 1. The molecule has 1 N–H and O–H groups in total. The second kappa shape index (κ2) is 6.75. The Labute approximate surface area is 158 Å². The van der Waals surface area contributed by atoms with Crippen LogP contribution in [0.3, 0.4) is 0 Å². The van der Waals surface area contributed by atoms with Gasteiger partial charge in [0.05, 0.1) is 6.20 Å². The monoisotopic (exact) mass is 367 g/mol.